The monoisotopic (exact) mass is 772 g/mol. The fourth-order valence-corrected chi connectivity index (χ4v) is 13.3. The SMILES string of the molecule is CC1CCC2(OC1)OC1CC3C4CC(OC5OC(CO)C(O)C(O)C5O)C5CC(OC6OC(CO)C(O)C(O)C6O)CCC5(C)C4CCC3(C)C1C2(C)O. The van der Waals surface area contributed by atoms with E-state index in [1.54, 1.807) is 0 Å². The van der Waals surface area contributed by atoms with E-state index in [2.05, 4.69) is 20.8 Å². The number of rotatable bonds is 6. The van der Waals surface area contributed by atoms with Crippen molar-refractivity contribution in [3.8, 4) is 0 Å². The van der Waals surface area contributed by atoms with E-state index in [-0.39, 0.29) is 46.5 Å². The van der Waals surface area contributed by atoms with Crippen LogP contribution in [0.5, 0.6) is 0 Å². The zero-order valence-electron chi connectivity index (χ0n) is 31.9. The van der Waals surface area contributed by atoms with Crippen LogP contribution in [0.25, 0.3) is 0 Å². The van der Waals surface area contributed by atoms with Gasteiger partial charge in [-0.1, -0.05) is 20.8 Å². The molecule has 15 nitrogen and oxygen atoms in total. The van der Waals surface area contributed by atoms with Crippen molar-refractivity contribution in [1.82, 2.24) is 0 Å². The number of aliphatic hydroxyl groups is 9. The zero-order valence-corrected chi connectivity index (χ0v) is 31.9. The Hall–Kier alpha value is -0.600. The molecule has 0 amide bonds. The molecule has 4 saturated heterocycles. The molecule has 1 spiro atoms. The van der Waals surface area contributed by atoms with Crippen molar-refractivity contribution in [3.63, 3.8) is 0 Å². The molecule has 4 aliphatic carbocycles. The van der Waals surface area contributed by atoms with Gasteiger partial charge in [0.15, 0.2) is 18.4 Å². The van der Waals surface area contributed by atoms with Crippen LogP contribution in [-0.2, 0) is 28.4 Å². The Balaban J connectivity index is 1.08. The highest BCUT2D eigenvalue weighted by Gasteiger charge is 2.75. The third-order valence-electron chi connectivity index (χ3n) is 16.2. The minimum atomic E-state index is -1.60. The number of ether oxygens (including phenoxy) is 6. The van der Waals surface area contributed by atoms with Gasteiger partial charge in [0, 0.05) is 12.3 Å². The van der Waals surface area contributed by atoms with Gasteiger partial charge in [-0.2, -0.15) is 0 Å². The van der Waals surface area contributed by atoms with Crippen LogP contribution in [0.3, 0.4) is 0 Å². The Kier molecular flexibility index (Phi) is 10.6. The molecule has 54 heavy (non-hydrogen) atoms. The molecule has 4 saturated carbocycles. The highest BCUT2D eigenvalue weighted by Crippen LogP contribution is 2.72. The summed E-state index contributed by atoms with van der Waals surface area (Å²) >= 11 is 0. The Morgan fingerprint density at radius 1 is 0.648 bits per heavy atom. The molecule has 23 atom stereocenters. The van der Waals surface area contributed by atoms with Crippen LogP contribution < -0.4 is 0 Å². The lowest BCUT2D eigenvalue weighted by molar-refractivity contribution is -0.336. The predicted octanol–water partition coefficient (Wildman–Crippen LogP) is -0.472. The van der Waals surface area contributed by atoms with Gasteiger partial charge in [0.2, 0.25) is 0 Å². The summed E-state index contributed by atoms with van der Waals surface area (Å²) in [5.74, 6) is -0.244. The second-order valence-electron chi connectivity index (χ2n) is 19.1. The Morgan fingerprint density at radius 2 is 1.26 bits per heavy atom. The standard InChI is InChI=1S/C39H64O15/c1-17-5-10-39(49-16-17)38(4,48)33-24(54-39)13-21-19-12-23(51-35-32(47)30(45)28(43)26(15-41)53-35)22-11-18(6-8-36(22,2)20(19)7-9-37(21,33)3)50-34-31(46)29(44)27(42)25(14-40)52-34/h17-35,40-48H,5-16H2,1-4H3. The predicted molar refractivity (Wildman–Crippen MR) is 186 cm³/mol. The summed E-state index contributed by atoms with van der Waals surface area (Å²) in [6.07, 6.45) is -8.66. The maximum absolute atomic E-state index is 12.4. The third kappa shape index (κ3) is 6.01. The van der Waals surface area contributed by atoms with Crippen LogP contribution in [0.4, 0.5) is 0 Å². The molecular weight excluding hydrogens is 708 g/mol. The molecular formula is C39H64O15. The van der Waals surface area contributed by atoms with E-state index in [0.717, 1.165) is 32.1 Å². The fourth-order valence-electron chi connectivity index (χ4n) is 13.3. The molecule has 0 bridgehead atoms. The quantitative estimate of drug-likeness (QED) is 0.155. The van der Waals surface area contributed by atoms with Crippen molar-refractivity contribution in [2.45, 2.75) is 177 Å². The Labute approximate surface area is 316 Å². The summed E-state index contributed by atoms with van der Waals surface area (Å²) in [6.45, 7) is 8.08. The summed E-state index contributed by atoms with van der Waals surface area (Å²) in [5.41, 5.74) is -1.70. The first-order valence-corrected chi connectivity index (χ1v) is 20.5. The lowest BCUT2D eigenvalue weighted by Crippen LogP contribution is -2.64. The molecule has 4 heterocycles. The summed E-state index contributed by atoms with van der Waals surface area (Å²) < 4.78 is 37.9. The fraction of sp³-hybridized carbons (Fsp3) is 1.00. The molecule has 8 fully saturated rings. The second-order valence-corrected chi connectivity index (χ2v) is 19.1. The molecule has 0 aromatic rings. The number of hydrogen-bond acceptors (Lipinski definition) is 15. The molecule has 8 rings (SSSR count). The molecule has 9 N–H and O–H groups in total. The van der Waals surface area contributed by atoms with E-state index >= 15 is 0 Å². The number of fused-ring (bicyclic) bond motifs is 7. The van der Waals surface area contributed by atoms with Crippen molar-refractivity contribution >= 4 is 0 Å². The second kappa shape index (κ2) is 14.3. The van der Waals surface area contributed by atoms with Gasteiger partial charge in [0.05, 0.1) is 38.1 Å². The van der Waals surface area contributed by atoms with E-state index in [1.165, 1.54) is 0 Å². The van der Waals surface area contributed by atoms with Gasteiger partial charge in [-0.15, -0.1) is 0 Å². The zero-order chi connectivity index (χ0) is 38.7. The van der Waals surface area contributed by atoms with E-state index in [9.17, 15) is 46.0 Å². The van der Waals surface area contributed by atoms with Crippen molar-refractivity contribution in [1.29, 1.82) is 0 Å². The average molecular weight is 773 g/mol. The molecule has 8 aliphatic rings. The number of hydrogen-bond donors (Lipinski definition) is 9. The van der Waals surface area contributed by atoms with E-state index in [1.807, 2.05) is 6.92 Å². The smallest absolute Gasteiger partial charge is 0.197 e. The summed E-state index contributed by atoms with van der Waals surface area (Å²) in [5, 5.41) is 96.0. The lowest BCUT2D eigenvalue weighted by Gasteiger charge is -2.63. The van der Waals surface area contributed by atoms with E-state index in [0.29, 0.717) is 38.2 Å². The van der Waals surface area contributed by atoms with E-state index in [4.69, 9.17) is 28.4 Å². The third-order valence-corrected chi connectivity index (χ3v) is 16.2. The molecule has 0 aromatic carbocycles. The van der Waals surface area contributed by atoms with Crippen molar-refractivity contribution in [2.24, 2.45) is 46.3 Å². The molecule has 4 aliphatic heterocycles. The van der Waals surface area contributed by atoms with Gasteiger partial charge < -0.3 is 74.4 Å². The molecule has 310 valence electrons. The molecule has 15 heteroatoms. The first kappa shape index (κ1) is 40.2. The van der Waals surface area contributed by atoms with Crippen molar-refractivity contribution in [3.05, 3.63) is 0 Å². The Bertz CT molecular complexity index is 1340. The van der Waals surface area contributed by atoms with Crippen LogP contribution >= 0.6 is 0 Å². The van der Waals surface area contributed by atoms with Gasteiger partial charge >= 0.3 is 0 Å². The van der Waals surface area contributed by atoms with Crippen LogP contribution in [0, 0.1) is 46.3 Å². The molecule has 0 aromatic heterocycles. The molecule has 0 radical (unpaired) electrons. The first-order chi connectivity index (χ1) is 25.5. The summed E-state index contributed by atoms with van der Waals surface area (Å²) in [4.78, 5) is 0. The van der Waals surface area contributed by atoms with Gasteiger partial charge in [-0.25, -0.2) is 0 Å². The van der Waals surface area contributed by atoms with Crippen LogP contribution in [0.2, 0.25) is 0 Å². The lowest BCUT2D eigenvalue weighted by atomic mass is 9.43. The highest BCUT2D eigenvalue weighted by atomic mass is 16.7. The Morgan fingerprint density at radius 3 is 1.85 bits per heavy atom. The minimum Gasteiger partial charge on any atom is -0.394 e. The minimum absolute atomic E-state index is 0.123. The van der Waals surface area contributed by atoms with Crippen LogP contribution in [0.15, 0.2) is 0 Å². The van der Waals surface area contributed by atoms with Gasteiger partial charge in [0.25, 0.3) is 0 Å². The summed E-state index contributed by atoms with van der Waals surface area (Å²) in [6, 6.07) is 0. The van der Waals surface area contributed by atoms with Gasteiger partial charge in [0.1, 0.15) is 54.4 Å². The summed E-state index contributed by atoms with van der Waals surface area (Å²) in [7, 11) is 0. The van der Waals surface area contributed by atoms with E-state index < -0.39 is 98.2 Å². The number of aliphatic hydroxyl groups excluding tert-OH is 8. The van der Waals surface area contributed by atoms with Crippen LogP contribution in [-0.4, -0.2) is 157 Å². The van der Waals surface area contributed by atoms with Crippen molar-refractivity contribution in [2.75, 3.05) is 19.8 Å². The average Bonchev–Trinajstić information content (AvgIpc) is 3.56. The maximum Gasteiger partial charge on any atom is 0.197 e. The van der Waals surface area contributed by atoms with Crippen LogP contribution in [0.1, 0.15) is 85.5 Å². The maximum atomic E-state index is 12.4. The van der Waals surface area contributed by atoms with Gasteiger partial charge in [-0.3, -0.25) is 0 Å². The molecule has 23 unspecified atom stereocenters. The highest BCUT2D eigenvalue weighted by molar-refractivity contribution is 5.21. The normalized spacial score (nSPS) is 60.1. The first-order valence-electron chi connectivity index (χ1n) is 20.5. The van der Waals surface area contributed by atoms with Gasteiger partial charge in [-0.05, 0) is 98.7 Å². The topological polar surface area (TPSA) is 237 Å². The van der Waals surface area contributed by atoms with Crippen molar-refractivity contribution < 1.29 is 74.4 Å². The largest absolute Gasteiger partial charge is 0.394 e.